The fourth-order valence-electron chi connectivity index (χ4n) is 0.844. The SMILES string of the molecule is CN1C[NH+](C)N=C1N=[N+]=[N-].O=[N+]([O-])[O-]. The summed E-state index contributed by atoms with van der Waals surface area (Å²) in [6, 6.07) is 0. The van der Waals surface area contributed by atoms with Crippen molar-refractivity contribution >= 4 is 5.96 Å². The van der Waals surface area contributed by atoms with Crippen LogP contribution in [-0.4, -0.2) is 36.7 Å². The van der Waals surface area contributed by atoms with Crippen molar-refractivity contribution in [1.82, 2.24) is 4.90 Å². The molecule has 78 valence electrons. The van der Waals surface area contributed by atoms with Crippen LogP contribution in [0, 0.1) is 15.3 Å². The second-order valence-electron chi connectivity index (χ2n) is 2.42. The molecule has 0 aromatic rings. The Balaban J connectivity index is 0.000000364. The lowest BCUT2D eigenvalue weighted by molar-refractivity contribution is -0.887. The van der Waals surface area contributed by atoms with E-state index in [0.717, 1.165) is 11.7 Å². The monoisotopic (exact) mass is 203 g/mol. The Kier molecular flexibility index (Phi) is 4.74. The molecule has 1 N–H and O–H groups in total. The predicted molar refractivity (Wildman–Crippen MR) is 46.5 cm³/mol. The van der Waals surface area contributed by atoms with Gasteiger partial charge in [-0.2, -0.15) is 5.01 Å². The van der Waals surface area contributed by atoms with Gasteiger partial charge in [0.1, 0.15) is 0 Å². The van der Waals surface area contributed by atoms with Crippen LogP contribution in [0.2, 0.25) is 0 Å². The molecular formula is C4H9N7O3. The normalized spacial score (nSPS) is 18.9. The average Bonchev–Trinajstić information content (AvgIpc) is 2.30. The number of quaternary nitrogens is 1. The van der Waals surface area contributed by atoms with Gasteiger partial charge in [0.05, 0.1) is 12.1 Å². The third-order valence-corrected chi connectivity index (χ3v) is 1.23. The molecule has 0 spiro atoms. The van der Waals surface area contributed by atoms with E-state index in [2.05, 4.69) is 15.1 Å². The van der Waals surface area contributed by atoms with Gasteiger partial charge in [-0.05, 0) is 10.6 Å². The summed E-state index contributed by atoms with van der Waals surface area (Å²) in [6.45, 7) is 0.758. The summed E-state index contributed by atoms with van der Waals surface area (Å²) in [5, 5.41) is 23.1. The molecular weight excluding hydrogens is 194 g/mol. The highest BCUT2D eigenvalue weighted by atomic mass is 16.9. The Morgan fingerprint density at radius 2 is 2.29 bits per heavy atom. The van der Waals surface area contributed by atoms with E-state index < -0.39 is 5.09 Å². The first-order valence-corrected chi connectivity index (χ1v) is 3.46. The number of hydrogen-bond acceptors (Lipinski definition) is 6. The molecule has 0 saturated heterocycles. The summed E-state index contributed by atoms with van der Waals surface area (Å²) in [6.07, 6.45) is 0. The summed E-state index contributed by atoms with van der Waals surface area (Å²) >= 11 is 0. The molecule has 1 unspecified atom stereocenters. The number of nitrogens with one attached hydrogen (secondary N) is 1. The van der Waals surface area contributed by atoms with Gasteiger partial charge in [0.25, 0.3) is 5.96 Å². The lowest BCUT2D eigenvalue weighted by Gasteiger charge is -2.04. The zero-order valence-electron chi connectivity index (χ0n) is 7.62. The molecule has 14 heavy (non-hydrogen) atoms. The molecule has 0 saturated carbocycles. The Bertz CT molecular complexity index is 279. The molecule has 0 aromatic carbocycles. The highest BCUT2D eigenvalue weighted by molar-refractivity contribution is 5.80. The van der Waals surface area contributed by atoms with Gasteiger partial charge < -0.3 is 20.2 Å². The van der Waals surface area contributed by atoms with Gasteiger partial charge in [-0.1, -0.05) is 5.10 Å². The van der Waals surface area contributed by atoms with Crippen LogP contribution in [0.5, 0.6) is 0 Å². The number of hydrogen-bond donors (Lipinski definition) is 1. The maximum absolute atomic E-state index is 8.25. The van der Waals surface area contributed by atoms with Crippen molar-refractivity contribution in [3.63, 3.8) is 0 Å². The lowest BCUT2D eigenvalue weighted by atomic mass is 10.8. The minimum Gasteiger partial charge on any atom is -0.356 e. The van der Waals surface area contributed by atoms with Crippen LogP contribution in [0.3, 0.4) is 0 Å². The van der Waals surface area contributed by atoms with E-state index in [1.165, 1.54) is 0 Å². The van der Waals surface area contributed by atoms with Crippen molar-refractivity contribution in [1.29, 1.82) is 0 Å². The van der Waals surface area contributed by atoms with Crippen molar-refractivity contribution < 1.29 is 10.1 Å². The van der Waals surface area contributed by atoms with Gasteiger partial charge in [0.2, 0.25) is 0 Å². The van der Waals surface area contributed by atoms with Crippen molar-refractivity contribution in [3.05, 3.63) is 25.8 Å². The topological polar surface area (TPSA) is 135 Å². The Hall–Kier alpha value is -2.06. The van der Waals surface area contributed by atoms with Crippen LogP contribution in [0.25, 0.3) is 10.4 Å². The average molecular weight is 203 g/mol. The van der Waals surface area contributed by atoms with Crippen LogP contribution in [0.4, 0.5) is 0 Å². The summed E-state index contributed by atoms with van der Waals surface area (Å²) in [5.41, 5.74) is 8.07. The molecule has 10 heteroatoms. The Morgan fingerprint density at radius 1 is 1.79 bits per heavy atom. The minimum absolute atomic E-state index is 0.458. The first-order chi connectivity index (χ1) is 6.47. The van der Waals surface area contributed by atoms with Crippen molar-refractivity contribution in [2.45, 2.75) is 0 Å². The molecule has 1 aliphatic rings. The van der Waals surface area contributed by atoms with Gasteiger partial charge >= 0.3 is 0 Å². The van der Waals surface area contributed by atoms with Crippen LogP contribution in [0.15, 0.2) is 10.2 Å². The highest BCUT2D eigenvalue weighted by Gasteiger charge is 2.18. The zero-order valence-corrected chi connectivity index (χ0v) is 7.62. The summed E-state index contributed by atoms with van der Waals surface area (Å²) in [7, 11) is 3.74. The maximum atomic E-state index is 8.25. The van der Waals surface area contributed by atoms with E-state index in [4.69, 9.17) is 20.9 Å². The molecule has 1 atom stereocenters. The van der Waals surface area contributed by atoms with E-state index in [-0.39, 0.29) is 0 Å². The van der Waals surface area contributed by atoms with Crippen molar-refractivity contribution in [2.24, 2.45) is 10.2 Å². The third kappa shape index (κ3) is 4.74. The highest BCUT2D eigenvalue weighted by Crippen LogP contribution is 1.89. The second kappa shape index (κ2) is 5.56. The molecule has 10 nitrogen and oxygen atoms in total. The van der Waals surface area contributed by atoms with Gasteiger partial charge in [0.15, 0.2) is 6.67 Å². The van der Waals surface area contributed by atoms with Crippen LogP contribution in [-0.2, 0) is 0 Å². The first kappa shape index (κ1) is 11.9. The molecule has 1 aliphatic heterocycles. The van der Waals surface area contributed by atoms with Crippen LogP contribution in [0.1, 0.15) is 0 Å². The van der Waals surface area contributed by atoms with E-state index in [0.29, 0.717) is 5.96 Å². The summed E-state index contributed by atoms with van der Waals surface area (Å²) in [5.74, 6) is 0.458. The van der Waals surface area contributed by atoms with E-state index >= 15 is 0 Å². The first-order valence-electron chi connectivity index (χ1n) is 3.46. The fourth-order valence-corrected chi connectivity index (χ4v) is 0.844. The standard InChI is InChI=1S/C4H8N6.NO3/c1-9-3-10(2)7-4(9)6-8-5;2-1(3)4/h3H2,1-2H3;/q;-1/p+1. The molecule has 0 fully saturated rings. The molecule has 1 rings (SSSR count). The Labute approximate surface area is 78.8 Å². The quantitative estimate of drug-likeness (QED) is 0.173. The number of rotatable bonds is 0. The second-order valence-corrected chi connectivity index (χ2v) is 2.42. The van der Waals surface area contributed by atoms with E-state index in [9.17, 15) is 0 Å². The smallest absolute Gasteiger partial charge is 0.252 e. The number of nitrogens with zero attached hydrogens (tertiary/aromatic N) is 6. The number of azide groups is 1. The van der Waals surface area contributed by atoms with E-state index in [1.54, 1.807) is 4.90 Å². The summed E-state index contributed by atoms with van der Waals surface area (Å²) in [4.78, 5) is 12.7. The number of guanidine groups is 1. The van der Waals surface area contributed by atoms with Crippen molar-refractivity contribution in [3.8, 4) is 0 Å². The predicted octanol–water partition coefficient (Wildman–Crippen LogP) is -1.25. The van der Waals surface area contributed by atoms with Gasteiger partial charge in [0, 0.05) is 12.0 Å². The molecule has 0 bridgehead atoms. The molecule has 0 radical (unpaired) electrons. The fraction of sp³-hybridized carbons (Fsp3) is 0.750. The molecule has 1 heterocycles. The van der Waals surface area contributed by atoms with Gasteiger partial charge in [-0.3, -0.25) is 0 Å². The van der Waals surface area contributed by atoms with E-state index in [1.807, 2.05) is 14.1 Å². The van der Waals surface area contributed by atoms with Crippen LogP contribution < -0.4 is 5.01 Å². The Morgan fingerprint density at radius 3 is 2.57 bits per heavy atom. The minimum atomic E-state index is -1.75. The lowest BCUT2D eigenvalue weighted by Crippen LogP contribution is -3.03. The maximum Gasteiger partial charge on any atom is 0.252 e. The summed E-state index contributed by atoms with van der Waals surface area (Å²) < 4.78 is 0. The largest absolute Gasteiger partial charge is 0.356 e. The zero-order chi connectivity index (χ0) is 11.1. The van der Waals surface area contributed by atoms with Gasteiger partial charge in [-0.25, -0.2) is 0 Å². The van der Waals surface area contributed by atoms with Crippen LogP contribution >= 0.6 is 0 Å². The van der Waals surface area contributed by atoms with Crippen molar-refractivity contribution in [2.75, 3.05) is 20.8 Å². The molecule has 0 aromatic heterocycles. The molecule has 0 amide bonds. The third-order valence-electron chi connectivity index (χ3n) is 1.23. The van der Waals surface area contributed by atoms with Gasteiger partial charge in [-0.15, -0.1) is 0 Å². The molecule has 0 aliphatic carbocycles.